The number of carbonyl (C=O) groups is 1. The molecule has 0 unspecified atom stereocenters. The van der Waals surface area contributed by atoms with Crippen LogP contribution in [0.5, 0.6) is 0 Å². The number of aryl methyl sites for hydroxylation is 1. The highest BCUT2D eigenvalue weighted by atomic mass is 32.2. The lowest BCUT2D eigenvalue weighted by Crippen LogP contribution is -2.28. The van der Waals surface area contributed by atoms with Crippen molar-refractivity contribution in [3.63, 3.8) is 0 Å². The molecule has 1 aromatic heterocycles. The largest absolute Gasteiger partial charge is 0.309 e. The molecule has 0 aliphatic rings. The van der Waals surface area contributed by atoms with Crippen molar-refractivity contribution in [1.29, 1.82) is 0 Å². The van der Waals surface area contributed by atoms with Crippen molar-refractivity contribution in [2.45, 2.75) is 44.4 Å². The fourth-order valence-corrected chi connectivity index (χ4v) is 3.24. The molecule has 2 aromatic rings. The lowest BCUT2D eigenvalue weighted by Gasteiger charge is -2.19. The van der Waals surface area contributed by atoms with Crippen LogP contribution >= 0.6 is 0 Å². The van der Waals surface area contributed by atoms with Gasteiger partial charge in [0.1, 0.15) is 0 Å². The van der Waals surface area contributed by atoms with E-state index in [1.54, 1.807) is 30.3 Å². The number of rotatable bonds is 6. The van der Waals surface area contributed by atoms with E-state index in [1.165, 1.54) is 0 Å². The molecule has 136 valence electrons. The molecule has 1 aromatic carbocycles. The van der Waals surface area contributed by atoms with Crippen LogP contribution in [0.15, 0.2) is 35.2 Å². The predicted octanol–water partition coefficient (Wildman–Crippen LogP) is 2.32. The number of H-pyrrole nitrogens is 1. The number of hydrogen-bond acceptors (Lipinski definition) is 4. The summed E-state index contributed by atoms with van der Waals surface area (Å²) in [4.78, 5) is 12.0. The Morgan fingerprint density at radius 1 is 1.20 bits per heavy atom. The second-order valence-corrected chi connectivity index (χ2v) is 8.67. The number of sulfonamides is 1. The highest BCUT2D eigenvalue weighted by Gasteiger charge is 2.17. The fourth-order valence-electron chi connectivity index (χ4n) is 2.20. The summed E-state index contributed by atoms with van der Waals surface area (Å²) in [6.45, 7) is 8.02. The van der Waals surface area contributed by atoms with Crippen molar-refractivity contribution in [2.75, 3.05) is 11.9 Å². The molecule has 0 radical (unpaired) electrons. The molecule has 0 aliphatic heterocycles. The highest BCUT2D eigenvalue weighted by molar-refractivity contribution is 7.89. The van der Waals surface area contributed by atoms with E-state index < -0.39 is 10.0 Å². The number of aromatic amines is 1. The number of nitrogens with zero attached hydrogens (tertiary/aromatic N) is 1. The summed E-state index contributed by atoms with van der Waals surface area (Å²) < 4.78 is 27.0. The van der Waals surface area contributed by atoms with Gasteiger partial charge in [-0.1, -0.05) is 32.9 Å². The molecular weight excluding hydrogens is 340 g/mol. The Kier molecular flexibility index (Phi) is 5.64. The Labute approximate surface area is 148 Å². The van der Waals surface area contributed by atoms with E-state index in [0.29, 0.717) is 5.82 Å². The highest BCUT2D eigenvalue weighted by Crippen LogP contribution is 2.23. The van der Waals surface area contributed by atoms with Crippen molar-refractivity contribution < 1.29 is 13.2 Å². The van der Waals surface area contributed by atoms with E-state index in [1.807, 2.05) is 6.92 Å². The second-order valence-electron chi connectivity index (χ2n) is 6.91. The number of carbonyl (C=O) groups excluding carboxylic acids is 1. The number of amides is 1. The average Bonchev–Trinajstić information content (AvgIpc) is 2.91. The standard InChI is InChI=1S/C17H24N4O3S/c1-12-11-15(21-20-12)19-16(22)9-10-18-25(23,24)14-7-5-13(6-8-14)17(2,3)4/h5-8,11,18H,9-10H2,1-4H3,(H2,19,20,21,22). The molecule has 0 saturated heterocycles. The summed E-state index contributed by atoms with van der Waals surface area (Å²) in [6, 6.07) is 8.46. The van der Waals surface area contributed by atoms with Gasteiger partial charge in [-0.25, -0.2) is 13.1 Å². The van der Waals surface area contributed by atoms with Crippen LogP contribution in [0, 0.1) is 6.92 Å². The monoisotopic (exact) mass is 364 g/mol. The van der Waals surface area contributed by atoms with E-state index in [2.05, 4.69) is 41.0 Å². The first kappa shape index (κ1) is 19.1. The van der Waals surface area contributed by atoms with Crippen LogP contribution in [-0.2, 0) is 20.2 Å². The smallest absolute Gasteiger partial charge is 0.240 e. The van der Waals surface area contributed by atoms with Gasteiger partial charge < -0.3 is 5.32 Å². The predicted molar refractivity (Wildman–Crippen MR) is 96.9 cm³/mol. The van der Waals surface area contributed by atoms with Crippen molar-refractivity contribution in [2.24, 2.45) is 0 Å². The van der Waals surface area contributed by atoms with Gasteiger partial charge in [0.25, 0.3) is 0 Å². The minimum absolute atomic E-state index is 0.0125. The van der Waals surface area contributed by atoms with Crippen LogP contribution in [0.3, 0.4) is 0 Å². The maximum absolute atomic E-state index is 12.3. The zero-order valence-electron chi connectivity index (χ0n) is 14.9. The molecule has 7 nitrogen and oxygen atoms in total. The summed E-state index contributed by atoms with van der Waals surface area (Å²) in [5.41, 5.74) is 1.84. The Bertz CT molecular complexity index is 834. The Morgan fingerprint density at radius 2 is 1.84 bits per heavy atom. The van der Waals surface area contributed by atoms with Gasteiger partial charge in [-0.15, -0.1) is 0 Å². The average molecular weight is 364 g/mol. The molecular formula is C17H24N4O3S. The Balaban J connectivity index is 1.89. The molecule has 2 rings (SSSR count). The number of benzene rings is 1. The van der Waals surface area contributed by atoms with Crippen LogP contribution in [0.25, 0.3) is 0 Å². The maximum atomic E-state index is 12.3. The minimum Gasteiger partial charge on any atom is -0.309 e. The van der Waals surface area contributed by atoms with Gasteiger partial charge in [0.15, 0.2) is 5.82 Å². The zero-order valence-corrected chi connectivity index (χ0v) is 15.7. The van der Waals surface area contributed by atoms with Crippen LogP contribution in [0.4, 0.5) is 5.82 Å². The van der Waals surface area contributed by atoms with E-state index >= 15 is 0 Å². The topological polar surface area (TPSA) is 104 Å². The van der Waals surface area contributed by atoms with Crippen LogP contribution in [0.1, 0.15) is 38.4 Å². The van der Waals surface area contributed by atoms with Gasteiger partial charge in [-0.2, -0.15) is 5.10 Å². The first-order valence-electron chi connectivity index (χ1n) is 8.00. The first-order valence-corrected chi connectivity index (χ1v) is 9.48. The third-order valence-corrected chi connectivity index (χ3v) is 5.13. The van der Waals surface area contributed by atoms with E-state index in [-0.39, 0.29) is 29.2 Å². The fraction of sp³-hybridized carbons (Fsp3) is 0.412. The third kappa shape index (κ3) is 5.40. The van der Waals surface area contributed by atoms with E-state index in [4.69, 9.17) is 0 Å². The summed E-state index contributed by atoms with van der Waals surface area (Å²) in [7, 11) is -3.64. The SMILES string of the molecule is Cc1cc(NC(=O)CCNS(=O)(=O)c2ccc(C(C)(C)C)cc2)n[nH]1. The molecule has 0 spiro atoms. The number of aromatic nitrogens is 2. The van der Waals surface area contributed by atoms with Crippen LogP contribution in [-0.4, -0.2) is 31.1 Å². The lowest BCUT2D eigenvalue weighted by atomic mass is 9.87. The third-order valence-electron chi connectivity index (χ3n) is 3.65. The Hall–Kier alpha value is -2.19. The van der Waals surface area contributed by atoms with Crippen LogP contribution < -0.4 is 10.0 Å². The molecule has 25 heavy (non-hydrogen) atoms. The summed E-state index contributed by atoms with van der Waals surface area (Å²) >= 11 is 0. The van der Waals surface area contributed by atoms with Gasteiger partial charge >= 0.3 is 0 Å². The number of anilines is 1. The van der Waals surface area contributed by atoms with Crippen molar-refractivity contribution in [3.05, 3.63) is 41.6 Å². The number of hydrogen-bond donors (Lipinski definition) is 3. The summed E-state index contributed by atoms with van der Waals surface area (Å²) in [5.74, 6) is 0.111. The second kappa shape index (κ2) is 7.37. The lowest BCUT2D eigenvalue weighted by molar-refractivity contribution is -0.116. The summed E-state index contributed by atoms with van der Waals surface area (Å²) in [6.07, 6.45) is 0.0191. The van der Waals surface area contributed by atoms with Crippen LogP contribution in [0.2, 0.25) is 0 Å². The molecule has 0 bridgehead atoms. The number of nitrogens with one attached hydrogen (secondary N) is 3. The molecule has 1 amide bonds. The quantitative estimate of drug-likeness (QED) is 0.732. The molecule has 1 heterocycles. The van der Waals surface area contributed by atoms with Gasteiger partial charge in [0.05, 0.1) is 4.90 Å². The van der Waals surface area contributed by atoms with Crippen molar-refractivity contribution in [1.82, 2.24) is 14.9 Å². The molecule has 0 saturated carbocycles. The van der Waals surface area contributed by atoms with Crippen molar-refractivity contribution >= 4 is 21.7 Å². The molecule has 0 atom stereocenters. The maximum Gasteiger partial charge on any atom is 0.240 e. The molecule has 8 heteroatoms. The molecule has 0 aliphatic carbocycles. The summed E-state index contributed by atoms with van der Waals surface area (Å²) in [5, 5.41) is 9.20. The van der Waals surface area contributed by atoms with E-state index in [0.717, 1.165) is 11.3 Å². The first-order chi connectivity index (χ1) is 11.6. The molecule has 0 fully saturated rings. The molecule has 3 N–H and O–H groups in total. The van der Waals surface area contributed by atoms with E-state index in [9.17, 15) is 13.2 Å². The Morgan fingerprint density at radius 3 is 2.36 bits per heavy atom. The van der Waals surface area contributed by atoms with Gasteiger partial charge in [-0.05, 0) is 30.0 Å². The van der Waals surface area contributed by atoms with Gasteiger partial charge in [0, 0.05) is 24.7 Å². The van der Waals surface area contributed by atoms with Crippen molar-refractivity contribution in [3.8, 4) is 0 Å². The minimum atomic E-state index is -3.64. The van der Waals surface area contributed by atoms with Gasteiger partial charge in [0.2, 0.25) is 15.9 Å². The zero-order chi connectivity index (χ0) is 18.7. The van der Waals surface area contributed by atoms with Gasteiger partial charge in [-0.3, -0.25) is 9.89 Å². The normalized spacial score (nSPS) is 12.2.